The maximum Gasteiger partial charge on any atom is 0.407 e. The molecule has 2 aromatic carbocycles. The Morgan fingerprint density at radius 1 is 1.15 bits per heavy atom. The summed E-state index contributed by atoms with van der Waals surface area (Å²) in [6.07, 6.45) is 0.995. The Morgan fingerprint density at radius 2 is 1.79 bits per heavy atom. The third-order valence-corrected chi connectivity index (χ3v) is 7.06. The number of hydrogen-bond donors (Lipinski definition) is 2. The summed E-state index contributed by atoms with van der Waals surface area (Å²) in [7, 11) is 0. The summed E-state index contributed by atoms with van der Waals surface area (Å²) in [6.45, 7) is 4.12. The third kappa shape index (κ3) is 4.75. The van der Waals surface area contributed by atoms with Crippen molar-refractivity contribution in [3.05, 3.63) is 72.3 Å². The maximum absolute atomic E-state index is 13.1. The molecule has 1 aliphatic heterocycles. The molecule has 2 aliphatic rings. The minimum Gasteiger partial charge on any atom is -0.480 e. The van der Waals surface area contributed by atoms with Gasteiger partial charge in [-0.1, -0.05) is 54.6 Å². The van der Waals surface area contributed by atoms with Crippen LogP contribution in [0.4, 0.5) is 4.79 Å². The number of carbonyl (C=O) groups is 3. The van der Waals surface area contributed by atoms with E-state index in [0.29, 0.717) is 18.1 Å². The summed E-state index contributed by atoms with van der Waals surface area (Å²) in [4.78, 5) is 38.6. The fourth-order valence-corrected chi connectivity index (χ4v) is 5.48. The summed E-state index contributed by atoms with van der Waals surface area (Å²) in [6, 6.07) is 14.2. The number of carboxylic acids is 1. The van der Waals surface area contributed by atoms with E-state index in [0.717, 1.165) is 22.3 Å². The van der Waals surface area contributed by atoms with Crippen LogP contribution in [-0.4, -0.2) is 64.7 Å². The van der Waals surface area contributed by atoms with E-state index in [9.17, 15) is 19.5 Å². The van der Waals surface area contributed by atoms with Crippen molar-refractivity contribution in [2.24, 2.45) is 0 Å². The van der Waals surface area contributed by atoms with Crippen molar-refractivity contribution in [2.45, 2.75) is 24.4 Å². The fraction of sp³-hybridized carbons (Fsp3) is 0.320. The number of carbonyl (C=O) groups excluding carboxylic acids is 2. The molecule has 1 heterocycles. The number of rotatable bonds is 7. The van der Waals surface area contributed by atoms with Gasteiger partial charge in [0.2, 0.25) is 5.91 Å². The summed E-state index contributed by atoms with van der Waals surface area (Å²) >= 11 is 1.50. The number of ether oxygens (including phenoxy) is 1. The number of amides is 2. The first-order chi connectivity index (χ1) is 16.0. The lowest BCUT2D eigenvalue weighted by Crippen LogP contribution is -2.56. The van der Waals surface area contributed by atoms with Crippen LogP contribution in [-0.2, 0) is 14.3 Å². The highest BCUT2D eigenvalue weighted by Gasteiger charge is 2.36. The van der Waals surface area contributed by atoms with Gasteiger partial charge in [-0.05, 0) is 28.7 Å². The van der Waals surface area contributed by atoms with Gasteiger partial charge in [-0.3, -0.25) is 4.79 Å². The van der Waals surface area contributed by atoms with Crippen LogP contribution in [0.3, 0.4) is 0 Å². The monoisotopic (exact) mass is 466 g/mol. The molecule has 4 rings (SSSR count). The lowest BCUT2D eigenvalue weighted by Gasteiger charge is -2.35. The lowest BCUT2D eigenvalue weighted by molar-refractivity contribution is -0.150. The van der Waals surface area contributed by atoms with E-state index in [-0.39, 0.29) is 18.9 Å². The van der Waals surface area contributed by atoms with Gasteiger partial charge in [0, 0.05) is 24.0 Å². The Kier molecular flexibility index (Phi) is 7.03. The molecule has 2 unspecified atom stereocenters. The molecule has 0 aromatic heterocycles. The molecule has 0 bridgehead atoms. The summed E-state index contributed by atoms with van der Waals surface area (Å²) in [5.41, 5.74) is 4.45. The van der Waals surface area contributed by atoms with Gasteiger partial charge in [0.15, 0.2) is 0 Å². The van der Waals surface area contributed by atoms with E-state index >= 15 is 0 Å². The second-order valence-electron chi connectivity index (χ2n) is 8.01. The first kappa shape index (κ1) is 22.9. The number of fused-ring (bicyclic) bond motifs is 3. The van der Waals surface area contributed by atoms with Gasteiger partial charge in [0.05, 0.1) is 0 Å². The number of carboxylic acid groups (broad SMARTS) is 1. The maximum atomic E-state index is 13.1. The normalized spacial score (nSPS) is 18.1. The van der Waals surface area contributed by atoms with Gasteiger partial charge < -0.3 is 20.1 Å². The van der Waals surface area contributed by atoms with Crippen molar-refractivity contribution in [1.29, 1.82) is 0 Å². The highest BCUT2D eigenvalue weighted by Crippen LogP contribution is 2.44. The molecule has 1 fully saturated rings. The summed E-state index contributed by atoms with van der Waals surface area (Å²) < 4.78 is 5.55. The second-order valence-corrected chi connectivity index (χ2v) is 9.16. The molecule has 1 saturated heterocycles. The van der Waals surface area contributed by atoms with Gasteiger partial charge in [0.1, 0.15) is 18.7 Å². The molecule has 33 heavy (non-hydrogen) atoms. The van der Waals surface area contributed by atoms with E-state index in [1.165, 1.54) is 22.7 Å². The second kappa shape index (κ2) is 10.1. The molecular weight excluding hydrogens is 440 g/mol. The Hall–Kier alpha value is -3.26. The van der Waals surface area contributed by atoms with Gasteiger partial charge in [-0.15, -0.1) is 6.58 Å². The molecule has 0 spiro atoms. The van der Waals surface area contributed by atoms with Crippen molar-refractivity contribution in [3.63, 3.8) is 0 Å². The van der Waals surface area contributed by atoms with E-state index in [1.807, 2.05) is 36.4 Å². The number of nitrogens with one attached hydrogen (secondary N) is 1. The van der Waals surface area contributed by atoms with E-state index < -0.39 is 30.1 Å². The Labute approximate surface area is 196 Å². The molecule has 0 saturated carbocycles. The summed E-state index contributed by atoms with van der Waals surface area (Å²) in [5, 5.41) is 12.1. The average Bonchev–Trinajstić information content (AvgIpc) is 3.15. The Bertz CT molecular complexity index is 1030. The topological polar surface area (TPSA) is 95.9 Å². The van der Waals surface area contributed by atoms with Crippen LogP contribution in [0, 0.1) is 0 Å². The van der Waals surface area contributed by atoms with Crippen molar-refractivity contribution in [1.82, 2.24) is 10.2 Å². The summed E-state index contributed by atoms with van der Waals surface area (Å²) in [5.74, 6) is -0.592. The fourth-order valence-electron chi connectivity index (χ4n) is 4.44. The molecule has 2 aromatic rings. The van der Waals surface area contributed by atoms with Gasteiger partial charge in [-0.25, -0.2) is 9.59 Å². The van der Waals surface area contributed by atoms with E-state index in [1.54, 1.807) is 0 Å². The molecule has 2 N–H and O–H groups in total. The number of benzene rings is 2. The predicted octanol–water partition coefficient (Wildman–Crippen LogP) is 3.50. The van der Waals surface area contributed by atoms with Gasteiger partial charge >= 0.3 is 12.1 Å². The van der Waals surface area contributed by atoms with Crippen molar-refractivity contribution >= 4 is 29.7 Å². The highest BCUT2D eigenvalue weighted by atomic mass is 32.2. The van der Waals surface area contributed by atoms with Crippen LogP contribution in [0.5, 0.6) is 0 Å². The molecule has 8 heteroatoms. The Balaban J connectivity index is 1.43. The first-order valence-electron chi connectivity index (χ1n) is 10.8. The first-order valence-corrected chi connectivity index (χ1v) is 12.0. The number of aliphatic carboxylic acids is 1. The van der Waals surface area contributed by atoms with Crippen molar-refractivity contribution < 1.29 is 24.2 Å². The van der Waals surface area contributed by atoms with Crippen LogP contribution in [0.1, 0.15) is 23.5 Å². The van der Waals surface area contributed by atoms with E-state index in [2.05, 4.69) is 24.0 Å². The highest BCUT2D eigenvalue weighted by molar-refractivity contribution is 7.99. The zero-order valence-electron chi connectivity index (χ0n) is 18.1. The SMILES string of the molecule is C=CCC(NC(=O)OCC1c2ccccc2-c2ccccc21)C(=O)N1CCSCC1C(=O)O. The zero-order valence-corrected chi connectivity index (χ0v) is 18.9. The van der Waals surface area contributed by atoms with Crippen LogP contribution in [0.2, 0.25) is 0 Å². The molecule has 1 aliphatic carbocycles. The van der Waals surface area contributed by atoms with E-state index in [4.69, 9.17) is 4.74 Å². The smallest absolute Gasteiger partial charge is 0.407 e. The number of alkyl carbamates (subject to hydrolysis) is 1. The number of nitrogens with zero attached hydrogens (tertiary/aromatic N) is 1. The number of thioether (sulfide) groups is 1. The molecule has 7 nitrogen and oxygen atoms in total. The van der Waals surface area contributed by atoms with Crippen LogP contribution in [0.25, 0.3) is 11.1 Å². The predicted molar refractivity (Wildman–Crippen MR) is 127 cm³/mol. The van der Waals surface area contributed by atoms with Crippen LogP contribution < -0.4 is 5.32 Å². The molecule has 2 atom stereocenters. The standard InChI is InChI=1S/C25H26N2O5S/c1-2-7-21(23(28)27-12-13-33-15-22(27)24(29)30)26-25(31)32-14-20-18-10-5-3-8-16(18)17-9-4-6-11-19(17)20/h2-6,8-11,20-22H,1,7,12-15H2,(H,26,31)(H,29,30). The lowest BCUT2D eigenvalue weighted by atomic mass is 9.98. The minimum atomic E-state index is -1.05. The average molecular weight is 467 g/mol. The molecule has 2 amide bonds. The molecule has 0 radical (unpaired) electrons. The molecule has 172 valence electrons. The van der Waals surface area contributed by atoms with Gasteiger partial charge in [-0.2, -0.15) is 11.8 Å². The number of hydrogen-bond acceptors (Lipinski definition) is 5. The quantitative estimate of drug-likeness (QED) is 0.607. The van der Waals surface area contributed by atoms with Gasteiger partial charge in [0.25, 0.3) is 0 Å². The zero-order chi connectivity index (χ0) is 23.4. The minimum absolute atomic E-state index is 0.0905. The van der Waals surface area contributed by atoms with Crippen molar-refractivity contribution in [2.75, 3.05) is 24.7 Å². The van der Waals surface area contributed by atoms with Crippen molar-refractivity contribution in [3.8, 4) is 11.1 Å². The third-order valence-electron chi connectivity index (χ3n) is 6.03. The van der Waals surface area contributed by atoms with Crippen LogP contribution >= 0.6 is 11.8 Å². The molecular formula is C25H26N2O5S. The van der Waals surface area contributed by atoms with Crippen LogP contribution in [0.15, 0.2) is 61.2 Å². The Morgan fingerprint density at radius 3 is 2.39 bits per heavy atom. The largest absolute Gasteiger partial charge is 0.480 e.